The van der Waals surface area contributed by atoms with E-state index in [1.807, 2.05) is 43.3 Å². The first-order valence-electron chi connectivity index (χ1n) is 9.42. The third kappa shape index (κ3) is 8.00. The van der Waals surface area contributed by atoms with Crippen molar-refractivity contribution in [2.75, 3.05) is 20.6 Å². The summed E-state index contributed by atoms with van der Waals surface area (Å²) >= 11 is 0. The molecule has 5 nitrogen and oxygen atoms in total. The minimum absolute atomic E-state index is 0. The molecule has 0 aliphatic heterocycles. The number of carbonyl (C=O) groups excluding carboxylic acids is 1. The molecule has 2 rings (SSSR count). The van der Waals surface area contributed by atoms with Crippen LogP contribution in [-0.4, -0.2) is 37.4 Å². The van der Waals surface area contributed by atoms with Gasteiger partial charge in [0.05, 0.1) is 6.04 Å². The third-order valence-electron chi connectivity index (χ3n) is 4.59. The summed E-state index contributed by atoms with van der Waals surface area (Å²) in [5.74, 6) is 0.411. The van der Waals surface area contributed by atoms with Crippen LogP contribution in [0.4, 0.5) is 4.39 Å². The van der Waals surface area contributed by atoms with E-state index in [-0.39, 0.29) is 41.7 Å². The molecule has 0 heterocycles. The fourth-order valence-corrected chi connectivity index (χ4v) is 2.79. The van der Waals surface area contributed by atoms with Gasteiger partial charge in [0.15, 0.2) is 5.96 Å². The lowest BCUT2D eigenvalue weighted by atomic mass is 10.1. The standard InChI is InChI=1S/C22H29FN4O.HI/c1-16-10-11-19(14-20(16)23)17(2)26-22(24-3)25-13-12-21(28)27(4)15-18-8-6-5-7-9-18;/h5-11,14,17H,12-13,15H2,1-4H3,(H2,24,25,26);1H. The fraction of sp³-hybridized carbons (Fsp3) is 0.364. The van der Waals surface area contributed by atoms with Gasteiger partial charge in [-0.3, -0.25) is 9.79 Å². The van der Waals surface area contributed by atoms with Crippen molar-refractivity contribution in [3.63, 3.8) is 0 Å². The van der Waals surface area contributed by atoms with E-state index < -0.39 is 0 Å². The summed E-state index contributed by atoms with van der Waals surface area (Å²) in [6, 6.07) is 15.0. The molecule has 7 heteroatoms. The monoisotopic (exact) mass is 512 g/mol. The van der Waals surface area contributed by atoms with E-state index in [4.69, 9.17) is 0 Å². The maximum Gasteiger partial charge on any atom is 0.224 e. The molecule has 0 aromatic heterocycles. The molecule has 158 valence electrons. The molecule has 2 N–H and O–H groups in total. The zero-order valence-electron chi connectivity index (χ0n) is 17.4. The van der Waals surface area contributed by atoms with Crippen molar-refractivity contribution in [1.82, 2.24) is 15.5 Å². The van der Waals surface area contributed by atoms with Gasteiger partial charge in [0.1, 0.15) is 5.82 Å². The number of hydrogen-bond donors (Lipinski definition) is 2. The van der Waals surface area contributed by atoms with E-state index in [1.165, 1.54) is 6.07 Å². The predicted octanol–water partition coefficient (Wildman–Crippen LogP) is 4.03. The smallest absolute Gasteiger partial charge is 0.224 e. The number of halogens is 2. The average molecular weight is 512 g/mol. The molecule has 1 amide bonds. The minimum Gasteiger partial charge on any atom is -0.356 e. The van der Waals surface area contributed by atoms with E-state index in [0.29, 0.717) is 31.0 Å². The van der Waals surface area contributed by atoms with Crippen molar-refractivity contribution in [1.29, 1.82) is 0 Å². The van der Waals surface area contributed by atoms with Crippen LogP contribution in [0.3, 0.4) is 0 Å². The Bertz CT molecular complexity index is 814. The molecule has 0 radical (unpaired) electrons. The number of guanidine groups is 1. The minimum atomic E-state index is -0.221. The number of aryl methyl sites for hydroxylation is 1. The maximum absolute atomic E-state index is 13.8. The Hall–Kier alpha value is -2.16. The Morgan fingerprint density at radius 1 is 1.21 bits per heavy atom. The zero-order chi connectivity index (χ0) is 20.5. The summed E-state index contributed by atoms with van der Waals surface area (Å²) in [5, 5.41) is 6.36. The van der Waals surface area contributed by atoms with Crippen LogP contribution in [0.25, 0.3) is 0 Å². The molecule has 0 saturated carbocycles. The van der Waals surface area contributed by atoms with Crippen LogP contribution in [0.15, 0.2) is 53.5 Å². The SMILES string of the molecule is CN=C(NCCC(=O)N(C)Cc1ccccc1)NC(C)c1ccc(C)c(F)c1.I. The molecule has 0 fully saturated rings. The molecule has 2 aromatic carbocycles. The summed E-state index contributed by atoms with van der Waals surface area (Å²) in [6.07, 6.45) is 0.359. The summed E-state index contributed by atoms with van der Waals surface area (Å²) < 4.78 is 13.8. The molecule has 2 aromatic rings. The van der Waals surface area contributed by atoms with Gasteiger partial charge in [0, 0.05) is 33.6 Å². The van der Waals surface area contributed by atoms with E-state index >= 15 is 0 Å². The molecule has 0 aliphatic carbocycles. The summed E-state index contributed by atoms with van der Waals surface area (Å²) in [6.45, 7) is 4.73. The second-order valence-electron chi connectivity index (χ2n) is 6.86. The Labute approximate surface area is 189 Å². The van der Waals surface area contributed by atoms with Gasteiger partial charge in [-0.1, -0.05) is 42.5 Å². The first kappa shape index (κ1) is 24.9. The van der Waals surface area contributed by atoms with Crippen molar-refractivity contribution in [2.24, 2.45) is 4.99 Å². The number of benzene rings is 2. The van der Waals surface area contributed by atoms with E-state index in [1.54, 1.807) is 32.0 Å². The van der Waals surface area contributed by atoms with Crippen LogP contribution in [0, 0.1) is 12.7 Å². The Balaban J connectivity index is 0.00000420. The fourth-order valence-electron chi connectivity index (χ4n) is 2.79. The van der Waals surface area contributed by atoms with Crippen molar-refractivity contribution in [3.05, 3.63) is 71.0 Å². The molecule has 1 atom stereocenters. The Morgan fingerprint density at radius 3 is 2.52 bits per heavy atom. The molecular weight excluding hydrogens is 482 g/mol. The van der Waals surface area contributed by atoms with Crippen molar-refractivity contribution in [3.8, 4) is 0 Å². The Kier molecular flexibility index (Phi) is 10.6. The molecular formula is C22H30FIN4O. The lowest BCUT2D eigenvalue weighted by Crippen LogP contribution is -2.40. The quantitative estimate of drug-likeness (QED) is 0.335. The normalized spacial score (nSPS) is 12.0. The maximum atomic E-state index is 13.8. The highest BCUT2D eigenvalue weighted by Gasteiger charge is 2.12. The number of rotatable bonds is 7. The van der Waals surface area contributed by atoms with Crippen LogP contribution in [0.5, 0.6) is 0 Å². The predicted molar refractivity (Wildman–Crippen MR) is 127 cm³/mol. The van der Waals surface area contributed by atoms with E-state index in [0.717, 1.165) is 11.1 Å². The Morgan fingerprint density at radius 2 is 1.90 bits per heavy atom. The van der Waals surface area contributed by atoms with Crippen LogP contribution in [-0.2, 0) is 11.3 Å². The van der Waals surface area contributed by atoms with E-state index in [2.05, 4.69) is 15.6 Å². The highest BCUT2D eigenvalue weighted by atomic mass is 127. The zero-order valence-corrected chi connectivity index (χ0v) is 19.7. The molecule has 1 unspecified atom stereocenters. The second kappa shape index (κ2) is 12.4. The highest BCUT2D eigenvalue weighted by molar-refractivity contribution is 14.0. The number of amides is 1. The number of aliphatic imine (C=N–C) groups is 1. The molecule has 0 aliphatic rings. The first-order chi connectivity index (χ1) is 13.4. The second-order valence-corrected chi connectivity index (χ2v) is 6.86. The first-order valence-corrected chi connectivity index (χ1v) is 9.42. The van der Waals surface area contributed by atoms with Gasteiger partial charge in [-0.2, -0.15) is 0 Å². The highest BCUT2D eigenvalue weighted by Crippen LogP contribution is 2.16. The van der Waals surface area contributed by atoms with Gasteiger partial charge < -0.3 is 15.5 Å². The summed E-state index contributed by atoms with van der Waals surface area (Å²) in [4.78, 5) is 18.2. The number of hydrogen-bond acceptors (Lipinski definition) is 2. The number of nitrogens with one attached hydrogen (secondary N) is 2. The van der Waals surface area contributed by atoms with Gasteiger partial charge in [-0.15, -0.1) is 24.0 Å². The molecule has 0 saturated heterocycles. The largest absolute Gasteiger partial charge is 0.356 e. The molecule has 29 heavy (non-hydrogen) atoms. The van der Waals surface area contributed by atoms with E-state index in [9.17, 15) is 9.18 Å². The van der Waals surface area contributed by atoms with Crippen LogP contribution in [0.1, 0.15) is 36.1 Å². The molecule has 0 spiro atoms. The molecule has 0 bridgehead atoms. The van der Waals surface area contributed by atoms with Crippen molar-refractivity contribution < 1.29 is 9.18 Å². The third-order valence-corrected chi connectivity index (χ3v) is 4.59. The topological polar surface area (TPSA) is 56.7 Å². The lowest BCUT2D eigenvalue weighted by Gasteiger charge is -2.20. The van der Waals surface area contributed by atoms with Crippen molar-refractivity contribution in [2.45, 2.75) is 32.9 Å². The summed E-state index contributed by atoms with van der Waals surface area (Å²) in [5.41, 5.74) is 2.56. The lowest BCUT2D eigenvalue weighted by molar-refractivity contribution is -0.130. The van der Waals surface area contributed by atoms with Gasteiger partial charge in [0.25, 0.3) is 0 Å². The van der Waals surface area contributed by atoms with Gasteiger partial charge in [-0.05, 0) is 36.6 Å². The van der Waals surface area contributed by atoms with Gasteiger partial charge in [0.2, 0.25) is 5.91 Å². The van der Waals surface area contributed by atoms with Crippen molar-refractivity contribution >= 4 is 35.8 Å². The van der Waals surface area contributed by atoms with Gasteiger partial charge in [-0.25, -0.2) is 4.39 Å². The van der Waals surface area contributed by atoms with Gasteiger partial charge >= 0.3 is 0 Å². The van der Waals surface area contributed by atoms with Crippen LogP contribution < -0.4 is 10.6 Å². The number of nitrogens with zero attached hydrogens (tertiary/aromatic N) is 2. The average Bonchev–Trinajstić information content (AvgIpc) is 2.69. The van der Waals surface area contributed by atoms with Crippen LogP contribution in [0.2, 0.25) is 0 Å². The van der Waals surface area contributed by atoms with Crippen LogP contribution >= 0.6 is 24.0 Å². The summed E-state index contributed by atoms with van der Waals surface area (Å²) in [7, 11) is 3.47. The number of carbonyl (C=O) groups is 1.